The zero-order valence-corrected chi connectivity index (χ0v) is 13.5. The molecule has 0 atom stereocenters. The third kappa shape index (κ3) is 4.23. The SMILES string of the molecule is Cc1ccc(N=Cc2ccc(OCc3ccccc3)cc2)c(O)c1. The molecule has 24 heavy (non-hydrogen) atoms. The second-order valence-electron chi connectivity index (χ2n) is 5.59. The lowest BCUT2D eigenvalue weighted by molar-refractivity contribution is 0.306. The van der Waals surface area contributed by atoms with Crippen molar-refractivity contribution >= 4 is 11.9 Å². The number of aromatic hydroxyl groups is 1. The fourth-order valence-corrected chi connectivity index (χ4v) is 2.28. The molecule has 0 fully saturated rings. The van der Waals surface area contributed by atoms with Crippen LogP contribution in [-0.4, -0.2) is 11.3 Å². The zero-order valence-electron chi connectivity index (χ0n) is 13.5. The monoisotopic (exact) mass is 317 g/mol. The van der Waals surface area contributed by atoms with Crippen molar-refractivity contribution in [3.05, 3.63) is 89.5 Å². The van der Waals surface area contributed by atoms with Gasteiger partial charge < -0.3 is 9.84 Å². The van der Waals surface area contributed by atoms with Gasteiger partial charge in [0.2, 0.25) is 0 Å². The van der Waals surface area contributed by atoms with Crippen LogP contribution >= 0.6 is 0 Å². The third-order valence-corrected chi connectivity index (χ3v) is 3.61. The Labute approximate surface area is 141 Å². The average Bonchev–Trinajstić information content (AvgIpc) is 2.61. The van der Waals surface area contributed by atoms with Crippen molar-refractivity contribution in [1.82, 2.24) is 0 Å². The van der Waals surface area contributed by atoms with Gasteiger partial charge in [0.25, 0.3) is 0 Å². The van der Waals surface area contributed by atoms with E-state index in [1.807, 2.05) is 67.6 Å². The van der Waals surface area contributed by atoms with E-state index in [1.165, 1.54) is 0 Å². The molecule has 3 heteroatoms. The molecule has 0 aromatic heterocycles. The van der Waals surface area contributed by atoms with Crippen LogP contribution in [0.25, 0.3) is 0 Å². The van der Waals surface area contributed by atoms with Crippen LogP contribution in [0.15, 0.2) is 77.8 Å². The van der Waals surface area contributed by atoms with Crippen molar-refractivity contribution < 1.29 is 9.84 Å². The molecule has 0 heterocycles. The Bertz CT molecular complexity index is 824. The van der Waals surface area contributed by atoms with Crippen LogP contribution in [0.2, 0.25) is 0 Å². The maximum atomic E-state index is 9.86. The van der Waals surface area contributed by atoms with Gasteiger partial charge in [0.15, 0.2) is 0 Å². The second-order valence-corrected chi connectivity index (χ2v) is 5.59. The first-order valence-electron chi connectivity index (χ1n) is 7.81. The molecule has 0 bridgehead atoms. The summed E-state index contributed by atoms with van der Waals surface area (Å²) in [5.41, 5.74) is 3.65. The molecule has 0 aliphatic carbocycles. The van der Waals surface area contributed by atoms with Gasteiger partial charge in [0.05, 0.1) is 0 Å². The first-order chi connectivity index (χ1) is 11.7. The predicted octanol–water partition coefficient (Wildman–Crippen LogP) is 5.03. The van der Waals surface area contributed by atoms with Crippen molar-refractivity contribution in [3.63, 3.8) is 0 Å². The van der Waals surface area contributed by atoms with Gasteiger partial charge in [-0.2, -0.15) is 0 Å². The number of ether oxygens (including phenoxy) is 1. The van der Waals surface area contributed by atoms with Crippen LogP contribution < -0.4 is 4.74 Å². The van der Waals surface area contributed by atoms with E-state index >= 15 is 0 Å². The number of hydrogen-bond acceptors (Lipinski definition) is 3. The average molecular weight is 317 g/mol. The van der Waals surface area contributed by atoms with E-state index in [4.69, 9.17) is 4.74 Å². The zero-order chi connectivity index (χ0) is 16.8. The largest absolute Gasteiger partial charge is 0.506 e. The lowest BCUT2D eigenvalue weighted by atomic mass is 10.2. The highest BCUT2D eigenvalue weighted by molar-refractivity contribution is 5.82. The lowest BCUT2D eigenvalue weighted by Gasteiger charge is -2.06. The topological polar surface area (TPSA) is 41.8 Å². The number of benzene rings is 3. The van der Waals surface area contributed by atoms with Gasteiger partial charge in [0, 0.05) is 6.21 Å². The molecule has 3 nitrogen and oxygen atoms in total. The Morgan fingerprint density at radius 3 is 2.42 bits per heavy atom. The first kappa shape index (κ1) is 15.8. The highest BCUT2D eigenvalue weighted by Gasteiger charge is 1.99. The van der Waals surface area contributed by atoms with Crippen LogP contribution in [0.3, 0.4) is 0 Å². The lowest BCUT2D eigenvalue weighted by Crippen LogP contribution is -1.94. The fourth-order valence-electron chi connectivity index (χ4n) is 2.28. The first-order valence-corrected chi connectivity index (χ1v) is 7.81. The molecule has 0 saturated heterocycles. The summed E-state index contributed by atoms with van der Waals surface area (Å²) < 4.78 is 5.76. The van der Waals surface area contributed by atoms with Crippen molar-refractivity contribution in [3.8, 4) is 11.5 Å². The molecule has 0 radical (unpaired) electrons. The quantitative estimate of drug-likeness (QED) is 0.671. The van der Waals surface area contributed by atoms with Crippen molar-refractivity contribution in [2.24, 2.45) is 4.99 Å². The summed E-state index contributed by atoms with van der Waals surface area (Å²) in [6, 6.07) is 23.2. The predicted molar refractivity (Wildman–Crippen MR) is 97.3 cm³/mol. The summed E-state index contributed by atoms with van der Waals surface area (Å²) >= 11 is 0. The Hall–Kier alpha value is -3.07. The summed E-state index contributed by atoms with van der Waals surface area (Å²) in [5, 5.41) is 9.86. The molecule has 0 saturated carbocycles. The summed E-state index contributed by atoms with van der Waals surface area (Å²) in [6.07, 6.45) is 1.73. The summed E-state index contributed by atoms with van der Waals surface area (Å²) in [6.45, 7) is 2.48. The van der Waals surface area contributed by atoms with Gasteiger partial charge in [-0.1, -0.05) is 36.4 Å². The molecule has 3 rings (SSSR count). The molecule has 0 amide bonds. The number of aliphatic imine (C=N–C) groups is 1. The maximum Gasteiger partial charge on any atom is 0.141 e. The summed E-state index contributed by atoms with van der Waals surface area (Å²) in [5.74, 6) is 1.00. The van der Waals surface area contributed by atoms with E-state index in [2.05, 4.69) is 4.99 Å². The van der Waals surface area contributed by atoms with Crippen LogP contribution in [0, 0.1) is 6.92 Å². The number of nitrogens with zero attached hydrogens (tertiary/aromatic N) is 1. The molecule has 0 aliphatic heterocycles. The molecule has 3 aromatic rings. The van der Waals surface area contributed by atoms with E-state index in [1.54, 1.807) is 18.3 Å². The minimum atomic E-state index is 0.189. The second kappa shape index (κ2) is 7.47. The van der Waals surface area contributed by atoms with E-state index in [9.17, 15) is 5.11 Å². The number of phenols is 1. The van der Waals surface area contributed by atoms with Crippen LogP contribution in [0.1, 0.15) is 16.7 Å². The molecule has 1 N–H and O–H groups in total. The number of rotatable bonds is 5. The van der Waals surface area contributed by atoms with Crippen LogP contribution in [0.4, 0.5) is 5.69 Å². The Morgan fingerprint density at radius 2 is 1.71 bits per heavy atom. The van der Waals surface area contributed by atoms with Gasteiger partial charge in [-0.25, -0.2) is 0 Å². The molecule has 0 aliphatic rings. The minimum absolute atomic E-state index is 0.189. The van der Waals surface area contributed by atoms with E-state index in [0.29, 0.717) is 12.3 Å². The van der Waals surface area contributed by atoms with Gasteiger partial charge >= 0.3 is 0 Å². The van der Waals surface area contributed by atoms with Crippen LogP contribution in [-0.2, 0) is 6.61 Å². The van der Waals surface area contributed by atoms with Gasteiger partial charge in [-0.05, 0) is 60.0 Å². The fraction of sp³-hybridized carbons (Fsp3) is 0.0952. The van der Waals surface area contributed by atoms with Gasteiger partial charge in [-0.15, -0.1) is 0 Å². The van der Waals surface area contributed by atoms with E-state index in [-0.39, 0.29) is 5.75 Å². The van der Waals surface area contributed by atoms with E-state index < -0.39 is 0 Å². The maximum absolute atomic E-state index is 9.86. The molecular formula is C21H19NO2. The minimum Gasteiger partial charge on any atom is -0.506 e. The Balaban J connectivity index is 1.63. The molecule has 0 spiro atoms. The third-order valence-electron chi connectivity index (χ3n) is 3.61. The summed E-state index contributed by atoms with van der Waals surface area (Å²) in [4.78, 5) is 4.32. The van der Waals surface area contributed by atoms with Crippen molar-refractivity contribution in [2.75, 3.05) is 0 Å². The van der Waals surface area contributed by atoms with Crippen molar-refractivity contribution in [1.29, 1.82) is 0 Å². The Morgan fingerprint density at radius 1 is 0.958 bits per heavy atom. The molecule has 3 aromatic carbocycles. The normalized spacial score (nSPS) is 10.9. The Kier molecular flexibility index (Phi) is 4.92. The smallest absolute Gasteiger partial charge is 0.141 e. The van der Waals surface area contributed by atoms with Crippen LogP contribution in [0.5, 0.6) is 11.5 Å². The number of aryl methyl sites for hydroxylation is 1. The number of hydrogen-bond donors (Lipinski definition) is 1. The van der Waals surface area contributed by atoms with Gasteiger partial charge in [0.1, 0.15) is 23.8 Å². The highest BCUT2D eigenvalue weighted by atomic mass is 16.5. The van der Waals surface area contributed by atoms with Crippen molar-refractivity contribution in [2.45, 2.75) is 13.5 Å². The molecule has 120 valence electrons. The van der Waals surface area contributed by atoms with E-state index in [0.717, 1.165) is 22.4 Å². The highest BCUT2D eigenvalue weighted by Crippen LogP contribution is 2.26. The molecular weight excluding hydrogens is 298 g/mol. The standard InChI is InChI=1S/C21H19NO2/c1-16-7-12-20(21(23)13-16)22-14-17-8-10-19(11-9-17)24-15-18-5-3-2-4-6-18/h2-14,23H,15H2,1H3. The number of phenolic OH excluding ortho intramolecular Hbond substituents is 1. The molecule has 0 unspecified atom stereocenters. The van der Waals surface area contributed by atoms with Gasteiger partial charge in [-0.3, -0.25) is 4.99 Å². The summed E-state index contributed by atoms with van der Waals surface area (Å²) in [7, 11) is 0.